The van der Waals surface area contributed by atoms with Crippen molar-refractivity contribution in [3.8, 4) is 16.8 Å². The van der Waals surface area contributed by atoms with Crippen LogP contribution in [0.15, 0.2) is 206 Å². The molecule has 13 aromatic rings. The van der Waals surface area contributed by atoms with E-state index in [1.807, 2.05) is 0 Å². The number of hydrogen-bond donors (Lipinski definition) is 0. The van der Waals surface area contributed by atoms with E-state index in [-0.39, 0.29) is 0 Å². The van der Waals surface area contributed by atoms with Crippen LogP contribution in [0.3, 0.4) is 0 Å². The van der Waals surface area contributed by atoms with Gasteiger partial charge in [-0.25, -0.2) is 0 Å². The highest BCUT2D eigenvalue weighted by Gasteiger charge is 2.22. The third-order valence-electron chi connectivity index (χ3n) is 12.6. The average Bonchev–Trinajstić information content (AvgIpc) is 3.62. The molecule has 12 aromatic carbocycles. The zero-order valence-electron chi connectivity index (χ0n) is 31.5. The van der Waals surface area contributed by atoms with Crippen LogP contribution >= 0.6 is 0 Å². The molecule has 268 valence electrons. The number of benzene rings is 12. The van der Waals surface area contributed by atoms with Gasteiger partial charge in [0.25, 0.3) is 0 Å². The van der Waals surface area contributed by atoms with Crippen molar-refractivity contribution in [1.82, 2.24) is 4.57 Å². The Morgan fingerprint density at radius 3 is 1.43 bits per heavy atom. The summed E-state index contributed by atoms with van der Waals surface area (Å²) in [5, 5.41) is 17.9. The molecule has 1 heterocycles. The number of aromatic nitrogens is 1. The predicted octanol–water partition coefficient (Wildman–Crippen LogP) is 15.7. The molecule has 0 amide bonds. The third kappa shape index (κ3) is 4.43. The standard InChI is InChI=1S/C56H34N2/c1-2-14-43(15-3-1)57-49-18-5-4-17-45(49)48-34-42(27-32-52(48)57)41-13-8-16-44(33-41)58(50-30-25-39-21-19-35-9-6-11-37-23-28-46(50)55(39)53(35)37)51-31-26-40-22-20-36-10-7-12-38-24-29-47(51)56(40)54(36)38/h1-34H. The molecule has 13 rings (SSSR count). The largest absolute Gasteiger partial charge is 0.309 e. The average molecular weight is 735 g/mol. The van der Waals surface area contributed by atoms with Gasteiger partial charge in [0.15, 0.2) is 0 Å². The highest BCUT2D eigenvalue weighted by Crippen LogP contribution is 2.48. The van der Waals surface area contributed by atoms with E-state index in [2.05, 4.69) is 216 Å². The van der Waals surface area contributed by atoms with Crippen molar-refractivity contribution in [3.63, 3.8) is 0 Å². The summed E-state index contributed by atoms with van der Waals surface area (Å²) in [7, 11) is 0. The fraction of sp³-hybridized carbons (Fsp3) is 0. The minimum absolute atomic E-state index is 1.12. The number of para-hydroxylation sites is 2. The van der Waals surface area contributed by atoms with E-state index in [1.54, 1.807) is 0 Å². The maximum atomic E-state index is 2.51. The van der Waals surface area contributed by atoms with Gasteiger partial charge in [0.05, 0.1) is 22.4 Å². The van der Waals surface area contributed by atoms with Gasteiger partial charge >= 0.3 is 0 Å². The molecule has 0 bridgehead atoms. The Kier molecular flexibility index (Phi) is 6.47. The van der Waals surface area contributed by atoms with E-state index in [9.17, 15) is 0 Å². The first-order chi connectivity index (χ1) is 28.8. The van der Waals surface area contributed by atoms with E-state index in [0.29, 0.717) is 0 Å². The van der Waals surface area contributed by atoms with Gasteiger partial charge in [-0.1, -0.05) is 152 Å². The normalized spacial score (nSPS) is 12.1. The predicted molar refractivity (Wildman–Crippen MR) is 248 cm³/mol. The van der Waals surface area contributed by atoms with E-state index in [0.717, 1.165) is 5.69 Å². The molecule has 0 aliphatic heterocycles. The smallest absolute Gasteiger partial charge is 0.0541 e. The fourth-order valence-electron chi connectivity index (χ4n) is 10.1. The lowest BCUT2D eigenvalue weighted by Crippen LogP contribution is -2.11. The molecule has 0 spiro atoms. The van der Waals surface area contributed by atoms with Gasteiger partial charge in [-0.15, -0.1) is 0 Å². The van der Waals surface area contributed by atoms with Gasteiger partial charge in [0.2, 0.25) is 0 Å². The molecule has 0 radical (unpaired) electrons. The molecule has 0 saturated carbocycles. The summed E-state index contributed by atoms with van der Waals surface area (Å²) in [6.45, 7) is 0. The molecule has 1 aromatic heterocycles. The molecule has 58 heavy (non-hydrogen) atoms. The fourth-order valence-corrected chi connectivity index (χ4v) is 10.1. The van der Waals surface area contributed by atoms with Crippen LogP contribution in [0.4, 0.5) is 17.1 Å². The van der Waals surface area contributed by atoms with Crippen molar-refractivity contribution in [2.45, 2.75) is 0 Å². The second kappa shape index (κ2) is 11.9. The van der Waals surface area contributed by atoms with Crippen molar-refractivity contribution >= 4 is 104 Å². The van der Waals surface area contributed by atoms with Crippen LogP contribution in [-0.4, -0.2) is 4.57 Å². The van der Waals surface area contributed by atoms with Gasteiger partial charge in [-0.2, -0.15) is 0 Å². The highest BCUT2D eigenvalue weighted by molar-refractivity contribution is 6.28. The lowest BCUT2D eigenvalue weighted by atomic mass is 9.91. The first kappa shape index (κ1) is 31.5. The topological polar surface area (TPSA) is 8.17 Å². The van der Waals surface area contributed by atoms with E-state index in [4.69, 9.17) is 0 Å². The van der Waals surface area contributed by atoms with Gasteiger partial charge in [0, 0.05) is 32.9 Å². The first-order valence-electron chi connectivity index (χ1n) is 20.1. The molecule has 0 saturated heterocycles. The molecule has 0 fully saturated rings. The lowest BCUT2D eigenvalue weighted by molar-refractivity contribution is 1.18. The molecule has 0 aliphatic rings. The van der Waals surface area contributed by atoms with Gasteiger partial charge < -0.3 is 9.47 Å². The number of anilines is 3. The molecular formula is C56H34N2. The Morgan fingerprint density at radius 2 is 0.793 bits per heavy atom. The van der Waals surface area contributed by atoms with Crippen LogP contribution in [0.25, 0.3) is 103 Å². The molecule has 0 N–H and O–H groups in total. The second-order valence-electron chi connectivity index (χ2n) is 15.7. The lowest BCUT2D eigenvalue weighted by Gasteiger charge is -2.30. The van der Waals surface area contributed by atoms with Crippen LogP contribution in [0.2, 0.25) is 0 Å². The summed E-state index contributed by atoms with van der Waals surface area (Å²) >= 11 is 0. The number of nitrogens with zero attached hydrogens (tertiary/aromatic N) is 2. The summed E-state index contributed by atoms with van der Waals surface area (Å²) in [6, 6.07) is 76.5. The number of rotatable bonds is 5. The SMILES string of the molecule is c1ccc(-n2c3ccccc3c3cc(-c4cccc(N(c5ccc6ccc7cccc8ccc5c6c78)c5ccc6ccc7cccc8ccc5c6c78)c4)ccc32)cc1. The van der Waals surface area contributed by atoms with Crippen LogP contribution < -0.4 is 4.90 Å². The van der Waals surface area contributed by atoms with Crippen molar-refractivity contribution in [2.75, 3.05) is 4.90 Å². The summed E-state index contributed by atoms with van der Waals surface area (Å²) < 4.78 is 2.38. The maximum absolute atomic E-state index is 2.51. The molecular weight excluding hydrogens is 701 g/mol. The maximum Gasteiger partial charge on any atom is 0.0541 e. The van der Waals surface area contributed by atoms with Gasteiger partial charge in [-0.05, 0) is 120 Å². The highest BCUT2D eigenvalue weighted by atomic mass is 15.1. The van der Waals surface area contributed by atoms with E-state index >= 15 is 0 Å². The summed E-state index contributed by atoms with van der Waals surface area (Å²) in [4.78, 5) is 2.51. The quantitative estimate of drug-likeness (QED) is 0.160. The molecule has 2 heteroatoms. The molecule has 0 atom stereocenters. The van der Waals surface area contributed by atoms with Crippen molar-refractivity contribution in [1.29, 1.82) is 0 Å². The van der Waals surface area contributed by atoms with Crippen LogP contribution in [0.1, 0.15) is 0 Å². The summed E-state index contributed by atoms with van der Waals surface area (Å²) in [5.41, 5.74) is 9.40. The van der Waals surface area contributed by atoms with Gasteiger partial charge in [-0.3, -0.25) is 0 Å². The Bertz CT molecular complexity index is 3560. The summed E-state index contributed by atoms with van der Waals surface area (Å²) in [6.07, 6.45) is 0. The van der Waals surface area contributed by atoms with Crippen LogP contribution in [0, 0.1) is 0 Å². The Balaban J connectivity index is 1.07. The monoisotopic (exact) mass is 734 g/mol. The second-order valence-corrected chi connectivity index (χ2v) is 15.7. The van der Waals surface area contributed by atoms with Crippen molar-refractivity contribution in [2.24, 2.45) is 0 Å². The first-order valence-corrected chi connectivity index (χ1v) is 20.1. The number of hydrogen-bond acceptors (Lipinski definition) is 1. The van der Waals surface area contributed by atoms with Crippen LogP contribution in [-0.2, 0) is 0 Å². The Hall–Kier alpha value is -7.68. The van der Waals surface area contributed by atoms with Crippen LogP contribution in [0.5, 0.6) is 0 Å². The van der Waals surface area contributed by atoms with Gasteiger partial charge in [0.1, 0.15) is 0 Å². The minimum atomic E-state index is 1.12. The summed E-state index contributed by atoms with van der Waals surface area (Å²) in [5.74, 6) is 0. The Morgan fingerprint density at radius 1 is 0.293 bits per heavy atom. The molecule has 0 unspecified atom stereocenters. The number of fused-ring (bicyclic) bond motifs is 3. The Labute approximate surface area is 334 Å². The zero-order chi connectivity index (χ0) is 37.9. The zero-order valence-corrected chi connectivity index (χ0v) is 31.5. The van der Waals surface area contributed by atoms with E-state index in [1.165, 1.54) is 115 Å². The third-order valence-corrected chi connectivity index (χ3v) is 12.6. The van der Waals surface area contributed by atoms with Crippen molar-refractivity contribution < 1.29 is 0 Å². The van der Waals surface area contributed by atoms with E-state index < -0.39 is 0 Å². The molecule has 0 aliphatic carbocycles. The molecule has 2 nitrogen and oxygen atoms in total. The van der Waals surface area contributed by atoms with Crippen molar-refractivity contribution in [3.05, 3.63) is 206 Å². The minimum Gasteiger partial charge on any atom is -0.309 e.